The summed E-state index contributed by atoms with van der Waals surface area (Å²) < 4.78 is 55.0. The van der Waals surface area contributed by atoms with E-state index in [1.807, 2.05) is 0 Å². The van der Waals surface area contributed by atoms with E-state index in [4.69, 9.17) is 0 Å². The van der Waals surface area contributed by atoms with E-state index in [0.717, 1.165) is 0 Å². The van der Waals surface area contributed by atoms with Crippen LogP contribution in [0.1, 0.15) is 29.3 Å². The highest BCUT2D eigenvalue weighted by atomic mass is 19.3. The second-order valence-electron chi connectivity index (χ2n) is 2.88. The zero-order chi connectivity index (χ0) is 12.3. The SMILES string of the molecule is CCOC(=O)c1c(F)cc(C(F)F)cc1F. The fraction of sp³-hybridized carbons (Fsp3) is 0.300. The molecular formula is C10H8F4O2. The Bertz CT molecular complexity index is 381. The Morgan fingerprint density at radius 3 is 2.19 bits per heavy atom. The normalized spacial score (nSPS) is 10.6. The third kappa shape index (κ3) is 2.50. The van der Waals surface area contributed by atoms with Crippen LogP contribution in [-0.4, -0.2) is 12.6 Å². The van der Waals surface area contributed by atoms with Gasteiger partial charge in [0.1, 0.15) is 17.2 Å². The lowest BCUT2D eigenvalue weighted by atomic mass is 10.1. The van der Waals surface area contributed by atoms with Crippen LogP contribution in [0.25, 0.3) is 0 Å². The third-order valence-corrected chi connectivity index (χ3v) is 1.80. The molecule has 0 atom stereocenters. The van der Waals surface area contributed by atoms with Crippen molar-refractivity contribution in [3.63, 3.8) is 0 Å². The third-order valence-electron chi connectivity index (χ3n) is 1.80. The number of hydrogen-bond acceptors (Lipinski definition) is 2. The molecule has 0 amide bonds. The molecule has 16 heavy (non-hydrogen) atoms. The fourth-order valence-corrected chi connectivity index (χ4v) is 1.12. The lowest BCUT2D eigenvalue weighted by Gasteiger charge is -2.06. The highest BCUT2D eigenvalue weighted by Gasteiger charge is 2.22. The van der Waals surface area contributed by atoms with E-state index in [2.05, 4.69) is 4.74 Å². The number of carbonyl (C=O) groups excluding carboxylic acids is 1. The van der Waals surface area contributed by atoms with E-state index < -0.39 is 35.2 Å². The van der Waals surface area contributed by atoms with Crippen molar-refractivity contribution in [2.45, 2.75) is 13.3 Å². The Balaban J connectivity index is 3.17. The smallest absolute Gasteiger partial charge is 0.344 e. The topological polar surface area (TPSA) is 26.3 Å². The molecule has 0 aliphatic carbocycles. The van der Waals surface area contributed by atoms with Gasteiger partial charge in [-0.05, 0) is 19.1 Å². The number of carbonyl (C=O) groups is 1. The molecular weight excluding hydrogens is 228 g/mol. The van der Waals surface area contributed by atoms with Gasteiger partial charge in [0, 0.05) is 5.56 Å². The van der Waals surface area contributed by atoms with Crippen molar-refractivity contribution in [1.82, 2.24) is 0 Å². The molecule has 0 bridgehead atoms. The lowest BCUT2D eigenvalue weighted by Crippen LogP contribution is -2.10. The van der Waals surface area contributed by atoms with Crippen molar-refractivity contribution in [3.8, 4) is 0 Å². The predicted molar refractivity (Wildman–Crippen MR) is 47.3 cm³/mol. The van der Waals surface area contributed by atoms with Gasteiger partial charge in [0.15, 0.2) is 0 Å². The maximum atomic E-state index is 13.2. The highest BCUT2D eigenvalue weighted by molar-refractivity contribution is 5.90. The summed E-state index contributed by atoms with van der Waals surface area (Å²) in [5, 5.41) is 0. The van der Waals surface area contributed by atoms with Crippen LogP contribution in [0.5, 0.6) is 0 Å². The molecule has 0 unspecified atom stereocenters. The molecule has 0 N–H and O–H groups in total. The standard InChI is InChI=1S/C10H8F4O2/c1-2-16-10(15)8-6(11)3-5(9(13)14)4-7(8)12/h3-4,9H,2H2,1H3. The molecule has 1 aromatic rings. The summed E-state index contributed by atoms with van der Waals surface area (Å²) in [6.45, 7) is 1.40. The van der Waals surface area contributed by atoms with Gasteiger partial charge >= 0.3 is 5.97 Å². The maximum absolute atomic E-state index is 13.2. The second kappa shape index (κ2) is 4.96. The van der Waals surface area contributed by atoms with Crippen molar-refractivity contribution >= 4 is 5.97 Å². The summed E-state index contributed by atoms with van der Waals surface area (Å²) in [5.41, 5.74) is -1.77. The first-order valence-electron chi connectivity index (χ1n) is 4.41. The molecule has 0 aromatic heterocycles. The van der Waals surface area contributed by atoms with Crippen LogP contribution < -0.4 is 0 Å². The first kappa shape index (κ1) is 12.5. The van der Waals surface area contributed by atoms with Crippen molar-refractivity contribution in [2.75, 3.05) is 6.61 Å². The van der Waals surface area contributed by atoms with E-state index >= 15 is 0 Å². The second-order valence-corrected chi connectivity index (χ2v) is 2.88. The Morgan fingerprint density at radius 2 is 1.81 bits per heavy atom. The van der Waals surface area contributed by atoms with Crippen LogP contribution in [0.2, 0.25) is 0 Å². The van der Waals surface area contributed by atoms with Gasteiger partial charge < -0.3 is 4.74 Å². The Kier molecular flexibility index (Phi) is 3.87. The largest absolute Gasteiger partial charge is 0.462 e. The van der Waals surface area contributed by atoms with Crippen LogP contribution >= 0.6 is 0 Å². The number of halogens is 4. The number of ether oxygens (including phenoxy) is 1. The van der Waals surface area contributed by atoms with E-state index in [0.29, 0.717) is 12.1 Å². The van der Waals surface area contributed by atoms with Crippen LogP contribution in [0, 0.1) is 11.6 Å². The molecule has 0 saturated heterocycles. The summed E-state index contributed by atoms with van der Waals surface area (Å²) in [4.78, 5) is 11.1. The summed E-state index contributed by atoms with van der Waals surface area (Å²) in [6.07, 6.45) is -3.00. The van der Waals surface area contributed by atoms with E-state index in [9.17, 15) is 22.4 Å². The van der Waals surface area contributed by atoms with Crippen molar-refractivity contribution in [3.05, 3.63) is 34.9 Å². The summed E-state index contributed by atoms with van der Waals surface area (Å²) >= 11 is 0. The van der Waals surface area contributed by atoms with E-state index in [-0.39, 0.29) is 6.61 Å². The molecule has 1 rings (SSSR count). The zero-order valence-electron chi connectivity index (χ0n) is 8.27. The van der Waals surface area contributed by atoms with E-state index in [1.54, 1.807) is 0 Å². The minimum absolute atomic E-state index is 0.0612. The number of benzene rings is 1. The Morgan fingerprint density at radius 1 is 1.31 bits per heavy atom. The van der Waals surface area contributed by atoms with E-state index in [1.165, 1.54) is 6.92 Å². The van der Waals surface area contributed by atoms with Gasteiger partial charge in [-0.1, -0.05) is 0 Å². The number of esters is 1. The highest BCUT2D eigenvalue weighted by Crippen LogP contribution is 2.24. The van der Waals surface area contributed by atoms with Gasteiger partial charge in [0.2, 0.25) is 0 Å². The minimum atomic E-state index is -3.00. The zero-order valence-corrected chi connectivity index (χ0v) is 8.27. The van der Waals surface area contributed by atoms with Gasteiger partial charge in [-0.3, -0.25) is 0 Å². The predicted octanol–water partition coefficient (Wildman–Crippen LogP) is 3.08. The molecule has 0 heterocycles. The number of hydrogen-bond donors (Lipinski definition) is 0. The molecule has 0 aliphatic heterocycles. The molecule has 1 aromatic carbocycles. The van der Waals surface area contributed by atoms with Gasteiger partial charge in [0.25, 0.3) is 6.43 Å². The summed E-state index contributed by atoms with van der Waals surface area (Å²) in [7, 11) is 0. The van der Waals surface area contributed by atoms with Crippen molar-refractivity contribution < 1.29 is 27.1 Å². The van der Waals surface area contributed by atoms with Gasteiger partial charge in [0.05, 0.1) is 6.61 Å². The van der Waals surface area contributed by atoms with Gasteiger partial charge in [-0.2, -0.15) is 0 Å². The number of rotatable bonds is 3. The average Bonchev–Trinajstić information content (AvgIpc) is 2.16. The van der Waals surface area contributed by atoms with Crippen LogP contribution in [0.3, 0.4) is 0 Å². The van der Waals surface area contributed by atoms with Crippen LogP contribution in [-0.2, 0) is 4.74 Å². The molecule has 0 aliphatic rings. The Labute approximate surface area is 88.8 Å². The van der Waals surface area contributed by atoms with Gasteiger partial charge in [-0.15, -0.1) is 0 Å². The van der Waals surface area contributed by atoms with Crippen molar-refractivity contribution in [1.29, 1.82) is 0 Å². The van der Waals surface area contributed by atoms with Crippen molar-refractivity contribution in [2.24, 2.45) is 0 Å². The summed E-state index contributed by atoms with van der Waals surface area (Å²) in [5.74, 6) is -3.92. The lowest BCUT2D eigenvalue weighted by molar-refractivity contribution is 0.0514. The first-order valence-corrected chi connectivity index (χ1v) is 4.41. The minimum Gasteiger partial charge on any atom is -0.462 e. The number of alkyl halides is 2. The first-order chi connectivity index (χ1) is 7.47. The molecule has 88 valence electrons. The van der Waals surface area contributed by atoms with Crippen LogP contribution in [0.4, 0.5) is 17.6 Å². The molecule has 0 radical (unpaired) electrons. The van der Waals surface area contributed by atoms with Crippen LogP contribution in [0.15, 0.2) is 12.1 Å². The summed E-state index contributed by atoms with van der Waals surface area (Å²) in [6, 6.07) is 0.833. The monoisotopic (exact) mass is 236 g/mol. The van der Waals surface area contributed by atoms with Gasteiger partial charge in [-0.25, -0.2) is 22.4 Å². The molecule has 6 heteroatoms. The molecule has 0 saturated carbocycles. The molecule has 0 spiro atoms. The maximum Gasteiger partial charge on any atom is 0.344 e. The average molecular weight is 236 g/mol. The fourth-order valence-electron chi connectivity index (χ4n) is 1.12. The Hall–Kier alpha value is -1.59. The molecule has 0 fully saturated rings. The molecule has 2 nitrogen and oxygen atoms in total. The quantitative estimate of drug-likeness (QED) is 0.595.